The molecule has 3 rings (SSSR count). The Morgan fingerprint density at radius 2 is 1.57 bits per heavy atom. The summed E-state index contributed by atoms with van der Waals surface area (Å²) in [6, 6.07) is 18.6. The summed E-state index contributed by atoms with van der Waals surface area (Å²) in [5.74, 6) is 1.47. The molecular weight excluding hydrogens is 284 g/mol. The van der Waals surface area contributed by atoms with Crippen LogP contribution in [0.2, 0.25) is 5.02 Å². The largest absolute Gasteiger partial charge is 0.457 e. The van der Waals surface area contributed by atoms with Crippen molar-refractivity contribution in [2.24, 2.45) is 5.73 Å². The van der Waals surface area contributed by atoms with Crippen LogP contribution in [-0.4, -0.2) is 5.84 Å². The molecule has 104 valence electrons. The Morgan fingerprint density at radius 3 is 2.24 bits per heavy atom. The first-order chi connectivity index (χ1) is 10.1. The molecule has 0 radical (unpaired) electrons. The standard InChI is InChI=1S/C17H13ClN2O/c18-15-9-10-16(14-4-2-1-3-13(14)15)21-12-7-5-11(6-8-12)17(19)20/h1-10H,(H3,19,20). The number of benzene rings is 3. The average molecular weight is 297 g/mol. The second kappa shape index (κ2) is 5.46. The number of hydrogen-bond acceptors (Lipinski definition) is 2. The summed E-state index contributed by atoms with van der Waals surface area (Å²) in [6.07, 6.45) is 0. The second-order valence-electron chi connectivity index (χ2n) is 4.63. The number of rotatable bonds is 3. The molecule has 0 aliphatic carbocycles. The molecule has 3 N–H and O–H groups in total. The Morgan fingerprint density at radius 1 is 0.905 bits per heavy atom. The van der Waals surface area contributed by atoms with Crippen LogP contribution in [0.1, 0.15) is 5.56 Å². The predicted molar refractivity (Wildman–Crippen MR) is 86.5 cm³/mol. The Labute approximate surface area is 127 Å². The van der Waals surface area contributed by atoms with Crippen molar-refractivity contribution in [3.05, 3.63) is 71.2 Å². The molecule has 0 spiro atoms. The summed E-state index contributed by atoms with van der Waals surface area (Å²) in [6.45, 7) is 0. The zero-order valence-electron chi connectivity index (χ0n) is 11.1. The Hall–Kier alpha value is -2.52. The van der Waals surface area contributed by atoms with E-state index in [0.717, 1.165) is 16.5 Å². The van der Waals surface area contributed by atoms with Crippen LogP contribution < -0.4 is 10.5 Å². The van der Waals surface area contributed by atoms with Crippen LogP contribution in [0.5, 0.6) is 11.5 Å². The van der Waals surface area contributed by atoms with E-state index in [0.29, 0.717) is 16.3 Å². The topological polar surface area (TPSA) is 59.1 Å². The fourth-order valence-electron chi connectivity index (χ4n) is 2.15. The van der Waals surface area contributed by atoms with E-state index >= 15 is 0 Å². The number of fused-ring (bicyclic) bond motifs is 1. The van der Waals surface area contributed by atoms with E-state index in [2.05, 4.69) is 0 Å². The molecule has 0 aromatic heterocycles. The van der Waals surface area contributed by atoms with Crippen molar-refractivity contribution in [2.45, 2.75) is 0 Å². The number of nitrogens with one attached hydrogen (secondary N) is 1. The molecule has 4 heteroatoms. The van der Waals surface area contributed by atoms with Crippen LogP contribution in [0.4, 0.5) is 0 Å². The molecule has 3 nitrogen and oxygen atoms in total. The summed E-state index contributed by atoms with van der Waals surface area (Å²) >= 11 is 6.19. The second-order valence-corrected chi connectivity index (χ2v) is 5.04. The Kier molecular flexibility index (Phi) is 3.50. The Balaban J connectivity index is 1.98. The molecule has 0 saturated carbocycles. The van der Waals surface area contributed by atoms with Gasteiger partial charge in [0.15, 0.2) is 0 Å². The lowest BCUT2D eigenvalue weighted by Gasteiger charge is -2.10. The van der Waals surface area contributed by atoms with Crippen molar-refractivity contribution < 1.29 is 4.74 Å². The fraction of sp³-hybridized carbons (Fsp3) is 0. The van der Waals surface area contributed by atoms with E-state index < -0.39 is 0 Å². The summed E-state index contributed by atoms with van der Waals surface area (Å²) in [5.41, 5.74) is 6.10. The number of hydrogen-bond donors (Lipinski definition) is 2. The van der Waals surface area contributed by atoms with Gasteiger partial charge < -0.3 is 10.5 Å². The Bertz CT molecular complexity index is 813. The summed E-state index contributed by atoms with van der Waals surface area (Å²) in [4.78, 5) is 0. The van der Waals surface area contributed by atoms with Gasteiger partial charge in [-0.25, -0.2) is 0 Å². The maximum atomic E-state index is 7.38. The number of amidine groups is 1. The molecule has 3 aromatic carbocycles. The highest BCUT2D eigenvalue weighted by Gasteiger charge is 2.06. The lowest BCUT2D eigenvalue weighted by molar-refractivity contribution is 0.488. The van der Waals surface area contributed by atoms with Gasteiger partial charge in [-0.15, -0.1) is 0 Å². The highest BCUT2D eigenvalue weighted by molar-refractivity contribution is 6.35. The van der Waals surface area contributed by atoms with Crippen molar-refractivity contribution in [2.75, 3.05) is 0 Å². The molecule has 21 heavy (non-hydrogen) atoms. The number of ether oxygens (including phenoxy) is 1. The monoisotopic (exact) mass is 296 g/mol. The fourth-order valence-corrected chi connectivity index (χ4v) is 2.38. The lowest BCUT2D eigenvalue weighted by atomic mass is 10.1. The molecule has 0 unspecified atom stereocenters. The van der Waals surface area contributed by atoms with Crippen molar-refractivity contribution in [3.8, 4) is 11.5 Å². The van der Waals surface area contributed by atoms with E-state index in [1.54, 1.807) is 24.3 Å². The van der Waals surface area contributed by atoms with Crippen LogP contribution in [-0.2, 0) is 0 Å². The van der Waals surface area contributed by atoms with Crippen molar-refractivity contribution in [3.63, 3.8) is 0 Å². The SMILES string of the molecule is N=C(N)c1ccc(Oc2ccc(Cl)c3ccccc23)cc1. The zero-order valence-corrected chi connectivity index (χ0v) is 11.9. The minimum atomic E-state index is 0.0403. The summed E-state index contributed by atoms with van der Waals surface area (Å²) in [5, 5.41) is 9.99. The van der Waals surface area contributed by atoms with Gasteiger partial charge in [-0.2, -0.15) is 0 Å². The number of halogens is 1. The van der Waals surface area contributed by atoms with Crippen LogP contribution in [0.3, 0.4) is 0 Å². The minimum absolute atomic E-state index is 0.0403. The summed E-state index contributed by atoms with van der Waals surface area (Å²) < 4.78 is 5.91. The third kappa shape index (κ3) is 2.69. The highest BCUT2D eigenvalue weighted by Crippen LogP contribution is 2.34. The maximum absolute atomic E-state index is 7.38. The van der Waals surface area contributed by atoms with Gasteiger partial charge in [0.05, 0.1) is 0 Å². The summed E-state index contributed by atoms with van der Waals surface area (Å²) in [7, 11) is 0. The minimum Gasteiger partial charge on any atom is -0.457 e. The molecule has 0 saturated heterocycles. The van der Waals surface area contributed by atoms with Gasteiger partial charge >= 0.3 is 0 Å². The van der Waals surface area contributed by atoms with Crippen molar-refractivity contribution in [1.29, 1.82) is 5.41 Å². The van der Waals surface area contributed by atoms with Crippen LogP contribution >= 0.6 is 11.6 Å². The molecule has 0 amide bonds. The van der Waals surface area contributed by atoms with Crippen LogP contribution in [0.15, 0.2) is 60.7 Å². The van der Waals surface area contributed by atoms with E-state index in [1.165, 1.54) is 0 Å². The lowest BCUT2D eigenvalue weighted by Crippen LogP contribution is -2.10. The first-order valence-corrected chi connectivity index (χ1v) is 6.82. The first-order valence-electron chi connectivity index (χ1n) is 6.45. The van der Waals surface area contributed by atoms with Crippen molar-refractivity contribution in [1.82, 2.24) is 0 Å². The van der Waals surface area contributed by atoms with Gasteiger partial charge in [-0.3, -0.25) is 5.41 Å². The molecule has 0 fully saturated rings. The van der Waals surface area contributed by atoms with E-state index in [9.17, 15) is 0 Å². The van der Waals surface area contributed by atoms with Gasteiger partial charge in [-0.05, 0) is 36.4 Å². The molecule has 3 aromatic rings. The molecule has 0 aliphatic heterocycles. The molecule has 0 bridgehead atoms. The number of nitrogens with two attached hydrogens (primary N) is 1. The van der Waals surface area contributed by atoms with Gasteiger partial charge in [-0.1, -0.05) is 35.9 Å². The molecule has 0 atom stereocenters. The molecule has 0 heterocycles. The smallest absolute Gasteiger partial charge is 0.135 e. The molecular formula is C17H13ClN2O. The van der Waals surface area contributed by atoms with E-state index in [1.807, 2.05) is 36.4 Å². The van der Waals surface area contributed by atoms with Crippen LogP contribution in [0.25, 0.3) is 10.8 Å². The van der Waals surface area contributed by atoms with Gasteiger partial charge in [0.25, 0.3) is 0 Å². The number of nitrogen functional groups attached to an aromatic ring is 1. The third-order valence-corrected chi connectivity index (χ3v) is 3.55. The normalized spacial score (nSPS) is 10.5. The van der Waals surface area contributed by atoms with Gasteiger partial charge in [0.1, 0.15) is 17.3 Å². The zero-order chi connectivity index (χ0) is 14.8. The van der Waals surface area contributed by atoms with E-state index in [4.69, 9.17) is 27.5 Å². The third-order valence-electron chi connectivity index (χ3n) is 3.22. The van der Waals surface area contributed by atoms with Gasteiger partial charge in [0, 0.05) is 21.4 Å². The van der Waals surface area contributed by atoms with Gasteiger partial charge in [0.2, 0.25) is 0 Å². The van der Waals surface area contributed by atoms with E-state index in [-0.39, 0.29) is 5.84 Å². The maximum Gasteiger partial charge on any atom is 0.135 e. The predicted octanol–water partition coefficient (Wildman–Crippen LogP) is 4.57. The quantitative estimate of drug-likeness (QED) is 0.549. The molecule has 0 aliphatic rings. The first kappa shape index (κ1) is 13.5. The average Bonchev–Trinajstić information content (AvgIpc) is 2.51. The van der Waals surface area contributed by atoms with Crippen molar-refractivity contribution >= 4 is 28.2 Å². The van der Waals surface area contributed by atoms with Crippen LogP contribution in [0, 0.1) is 5.41 Å². The highest BCUT2D eigenvalue weighted by atomic mass is 35.5.